The Hall–Kier alpha value is -1.55. The topological polar surface area (TPSA) is 41.6 Å². The van der Waals surface area contributed by atoms with Crippen LogP contribution in [-0.2, 0) is 4.74 Å². The molecule has 1 aromatic rings. The SMILES string of the molecule is Cc1cccc(C)c1NC(=O)OCC1CCCCN1C. The summed E-state index contributed by atoms with van der Waals surface area (Å²) >= 11 is 0. The number of nitrogens with zero attached hydrogens (tertiary/aromatic N) is 1. The van der Waals surface area contributed by atoms with Crippen molar-refractivity contribution in [3.63, 3.8) is 0 Å². The fourth-order valence-corrected chi connectivity index (χ4v) is 2.68. The van der Waals surface area contributed by atoms with Crippen LogP contribution in [0.2, 0.25) is 0 Å². The molecule has 1 amide bonds. The minimum Gasteiger partial charge on any atom is -0.448 e. The molecule has 20 heavy (non-hydrogen) atoms. The molecule has 0 aromatic heterocycles. The lowest BCUT2D eigenvalue weighted by molar-refractivity contribution is 0.0908. The Labute approximate surface area is 121 Å². The number of amides is 1. The van der Waals surface area contributed by atoms with E-state index in [0.29, 0.717) is 12.6 Å². The third kappa shape index (κ3) is 3.73. The van der Waals surface area contributed by atoms with Crippen LogP contribution in [-0.4, -0.2) is 37.2 Å². The van der Waals surface area contributed by atoms with Crippen LogP contribution >= 0.6 is 0 Å². The standard InChI is InChI=1S/C16H24N2O2/c1-12-7-6-8-13(2)15(12)17-16(19)20-11-14-9-4-5-10-18(14)3/h6-8,14H,4-5,9-11H2,1-3H3,(H,17,19). The van der Waals surface area contributed by atoms with E-state index in [1.807, 2.05) is 32.0 Å². The van der Waals surface area contributed by atoms with E-state index in [0.717, 1.165) is 29.8 Å². The third-order valence-electron chi connectivity index (χ3n) is 4.04. The van der Waals surface area contributed by atoms with Crippen molar-refractivity contribution in [3.8, 4) is 0 Å². The lowest BCUT2D eigenvalue weighted by Crippen LogP contribution is -2.40. The number of anilines is 1. The molecule has 110 valence electrons. The van der Waals surface area contributed by atoms with Gasteiger partial charge in [-0.2, -0.15) is 0 Å². The number of likely N-dealkylation sites (N-methyl/N-ethyl adjacent to an activating group) is 1. The number of likely N-dealkylation sites (tertiary alicyclic amines) is 1. The Morgan fingerprint density at radius 1 is 1.35 bits per heavy atom. The van der Waals surface area contributed by atoms with Gasteiger partial charge in [0, 0.05) is 11.7 Å². The van der Waals surface area contributed by atoms with Crippen molar-refractivity contribution < 1.29 is 9.53 Å². The molecule has 1 heterocycles. The monoisotopic (exact) mass is 276 g/mol. The number of para-hydroxylation sites is 1. The Morgan fingerprint density at radius 3 is 2.70 bits per heavy atom. The molecule has 0 saturated carbocycles. The van der Waals surface area contributed by atoms with E-state index in [4.69, 9.17) is 4.74 Å². The molecule has 1 unspecified atom stereocenters. The number of ether oxygens (including phenoxy) is 1. The smallest absolute Gasteiger partial charge is 0.411 e. The summed E-state index contributed by atoms with van der Waals surface area (Å²) in [5, 5.41) is 2.85. The number of hydrogen-bond acceptors (Lipinski definition) is 3. The molecule has 4 nitrogen and oxygen atoms in total. The predicted molar refractivity (Wildman–Crippen MR) is 81.2 cm³/mol. The highest BCUT2D eigenvalue weighted by atomic mass is 16.5. The van der Waals surface area contributed by atoms with E-state index in [2.05, 4.69) is 17.3 Å². The van der Waals surface area contributed by atoms with Crippen LogP contribution in [0.15, 0.2) is 18.2 Å². The number of carbonyl (C=O) groups is 1. The summed E-state index contributed by atoms with van der Waals surface area (Å²) in [5.74, 6) is 0. The fourth-order valence-electron chi connectivity index (χ4n) is 2.68. The van der Waals surface area contributed by atoms with Gasteiger partial charge >= 0.3 is 6.09 Å². The minimum atomic E-state index is -0.360. The molecule has 4 heteroatoms. The largest absolute Gasteiger partial charge is 0.448 e. The Balaban J connectivity index is 1.86. The first-order valence-electron chi connectivity index (χ1n) is 7.28. The first-order valence-corrected chi connectivity index (χ1v) is 7.28. The van der Waals surface area contributed by atoms with E-state index in [1.165, 1.54) is 12.8 Å². The van der Waals surface area contributed by atoms with Crippen molar-refractivity contribution in [2.45, 2.75) is 39.2 Å². The first-order chi connectivity index (χ1) is 9.58. The van der Waals surface area contributed by atoms with Gasteiger partial charge in [-0.3, -0.25) is 5.32 Å². The van der Waals surface area contributed by atoms with Crippen LogP contribution in [0, 0.1) is 13.8 Å². The molecule has 0 bridgehead atoms. The zero-order chi connectivity index (χ0) is 14.5. The second-order valence-corrected chi connectivity index (χ2v) is 5.62. The number of carbonyl (C=O) groups excluding carboxylic acids is 1. The number of piperidine rings is 1. The highest BCUT2D eigenvalue weighted by Gasteiger charge is 2.20. The average Bonchev–Trinajstić information content (AvgIpc) is 2.42. The summed E-state index contributed by atoms with van der Waals surface area (Å²) in [6.07, 6.45) is 3.20. The summed E-state index contributed by atoms with van der Waals surface area (Å²) < 4.78 is 5.37. The maximum Gasteiger partial charge on any atom is 0.411 e. The number of benzene rings is 1. The lowest BCUT2D eigenvalue weighted by atomic mass is 10.0. The number of hydrogen-bond donors (Lipinski definition) is 1. The van der Waals surface area contributed by atoms with Crippen molar-refractivity contribution in [3.05, 3.63) is 29.3 Å². The Bertz CT molecular complexity index is 453. The average molecular weight is 276 g/mol. The zero-order valence-corrected chi connectivity index (χ0v) is 12.6. The second kappa shape index (κ2) is 6.75. The van der Waals surface area contributed by atoms with Gasteiger partial charge in [0.25, 0.3) is 0 Å². The molecule has 1 atom stereocenters. The molecule has 1 saturated heterocycles. The van der Waals surface area contributed by atoms with Crippen molar-refractivity contribution >= 4 is 11.8 Å². The van der Waals surface area contributed by atoms with Crippen molar-refractivity contribution in [2.75, 3.05) is 25.5 Å². The Morgan fingerprint density at radius 2 is 2.05 bits per heavy atom. The first kappa shape index (κ1) is 14.9. The van der Waals surface area contributed by atoms with Gasteiger partial charge < -0.3 is 9.64 Å². The fraction of sp³-hybridized carbons (Fsp3) is 0.562. The quantitative estimate of drug-likeness (QED) is 0.920. The van der Waals surface area contributed by atoms with Crippen LogP contribution in [0.3, 0.4) is 0 Å². The van der Waals surface area contributed by atoms with Gasteiger partial charge in [-0.25, -0.2) is 4.79 Å². The molecule has 1 fully saturated rings. The van der Waals surface area contributed by atoms with Gasteiger partial charge in [0.1, 0.15) is 6.61 Å². The second-order valence-electron chi connectivity index (χ2n) is 5.62. The maximum absolute atomic E-state index is 11.9. The minimum absolute atomic E-state index is 0.354. The van der Waals surface area contributed by atoms with Crippen molar-refractivity contribution in [2.24, 2.45) is 0 Å². The number of nitrogens with one attached hydrogen (secondary N) is 1. The summed E-state index contributed by atoms with van der Waals surface area (Å²) in [6.45, 7) is 5.52. The molecule has 1 aliphatic heterocycles. The number of rotatable bonds is 3. The van der Waals surface area contributed by atoms with Crippen LogP contribution in [0.4, 0.5) is 10.5 Å². The molecule has 1 N–H and O–H groups in total. The van der Waals surface area contributed by atoms with Gasteiger partial charge in [0.2, 0.25) is 0 Å². The van der Waals surface area contributed by atoms with E-state index < -0.39 is 0 Å². The van der Waals surface area contributed by atoms with Gasteiger partial charge in [-0.15, -0.1) is 0 Å². The molecule has 1 aliphatic rings. The van der Waals surface area contributed by atoms with Gasteiger partial charge in [-0.1, -0.05) is 24.6 Å². The van der Waals surface area contributed by atoms with Crippen LogP contribution < -0.4 is 5.32 Å². The lowest BCUT2D eigenvalue weighted by Gasteiger charge is -2.31. The van der Waals surface area contributed by atoms with Gasteiger partial charge in [0.05, 0.1) is 0 Å². The van der Waals surface area contributed by atoms with Gasteiger partial charge in [0.15, 0.2) is 0 Å². The van der Waals surface area contributed by atoms with Crippen LogP contribution in [0.25, 0.3) is 0 Å². The van der Waals surface area contributed by atoms with E-state index in [9.17, 15) is 4.79 Å². The molecule has 0 radical (unpaired) electrons. The summed E-state index contributed by atoms with van der Waals surface area (Å²) in [6, 6.07) is 6.31. The summed E-state index contributed by atoms with van der Waals surface area (Å²) in [4.78, 5) is 14.2. The maximum atomic E-state index is 11.9. The summed E-state index contributed by atoms with van der Waals surface area (Å²) in [7, 11) is 2.09. The van der Waals surface area contributed by atoms with Crippen LogP contribution in [0.1, 0.15) is 30.4 Å². The summed E-state index contributed by atoms with van der Waals surface area (Å²) in [5.41, 5.74) is 2.96. The number of aryl methyl sites for hydroxylation is 2. The van der Waals surface area contributed by atoms with Gasteiger partial charge in [-0.05, 0) is 51.4 Å². The zero-order valence-electron chi connectivity index (χ0n) is 12.6. The van der Waals surface area contributed by atoms with Crippen LogP contribution in [0.5, 0.6) is 0 Å². The normalized spacial score (nSPS) is 19.6. The molecule has 2 rings (SSSR count). The Kier molecular flexibility index (Phi) is 5.01. The molecular weight excluding hydrogens is 252 g/mol. The molecule has 0 spiro atoms. The molecular formula is C16H24N2O2. The molecule has 0 aliphatic carbocycles. The predicted octanol–water partition coefficient (Wildman–Crippen LogP) is 3.34. The van der Waals surface area contributed by atoms with E-state index >= 15 is 0 Å². The highest BCUT2D eigenvalue weighted by Crippen LogP contribution is 2.20. The van der Waals surface area contributed by atoms with E-state index in [-0.39, 0.29) is 6.09 Å². The van der Waals surface area contributed by atoms with Crippen molar-refractivity contribution in [1.29, 1.82) is 0 Å². The van der Waals surface area contributed by atoms with E-state index in [1.54, 1.807) is 0 Å². The molecule has 1 aromatic carbocycles. The van der Waals surface area contributed by atoms with Crippen molar-refractivity contribution in [1.82, 2.24) is 4.90 Å². The third-order valence-corrected chi connectivity index (χ3v) is 4.04. The highest BCUT2D eigenvalue weighted by molar-refractivity contribution is 5.86.